The molecule has 0 unspecified atom stereocenters. The molecule has 1 aromatic heterocycles. The number of ether oxygens (including phenoxy) is 1. The molecule has 0 aliphatic heterocycles. The summed E-state index contributed by atoms with van der Waals surface area (Å²) in [5, 5.41) is 2.57. The minimum atomic E-state index is -4.06. The van der Waals surface area contributed by atoms with Crippen LogP contribution < -0.4 is 10.1 Å². The van der Waals surface area contributed by atoms with E-state index in [-0.39, 0.29) is 27.3 Å². The number of oxazole rings is 1. The van der Waals surface area contributed by atoms with Crippen molar-refractivity contribution in [2.24, 2.45) is 0 Å². The second kappa shape index (κ2) is 8.52. The van der Waals surface area contributed by atoms with E-state index in [4.69, 9.17) is 9.15 Å². The highest BCUT2D eigenvalue weighted by Crippen LogP contribution is 2.35. The number of anilines is 2. The lowest BCUT2D eigenvalue weighted by molar-refractivity contribution is 0.415. The van der Waals surface area contributed by atoms with Crippen LogP contribution in [0.15, 0.2) is 91.6 Å². The third-order valence-corrected chi connectivity index (χ3v) is 6.61. The molecule has 0 saturated heterocycles. The summed E-state index contributed by atoms with van der Waals surface area (Å²) in [5.74, 6) is -0.297. The van der Waals surface area contributed by atoms with Crippen LogP contribution >= 0.6 is 15.9 Å². The van der Waals surface area contributed by atoms with Gasteiger partial charge in [-0.05, 0) is 48.5 Å². The Labute approximate surface area is 186 Å². The van der Waals surface area contributed by atoms with E-state index in [1.165, 1.54) is 37.4 Å². The Morgan fingerprint density at radius 3 is 2.48 bits per heavy atom. The van der Waals surface area contributed by atoms with E-state index in [1.54, 1.807) is 42.5 Å². The molecule has 6 nitrogen and oxygen atoms in total. The van der Waals surface area contributed by atoms with Crippen molar-refractivity contribution in [1.29, 1.82) is 0 Å². The molecule has 0 spiro atoms. The second-order valence-electron chi connectivity index (χ2n) is 6.45. The van der Waals surface area contributed by atoms with E-state index in [1.807, 2.05) is 0 Å². The van der Waals surface area contributed by atoms with Crippen LogP contribution in [0, 0.1) is 5.82 Å². The second-order valence-corrected chi connectivity index (χ2v) is 9.23. The van der Waals surface area contributed by atoms with Gasteiger partial charge in [0.2, 0.25) is 26.6 Å². The molecule has 0 atom stereocenters. The van der Waals surface area contributed by atoms with Crippen molar-refractivity contribution in [3.8, 4) is 17.2 Å². The van der Waals surface area contributed by atoms with Gasteiger partial charge in [0, 0.05) is 16.2 Å². The maximum atomic E-state index is 14.3. The Hall–Kier alpha value is -3.17. The van der Waals surface area contributed by atoms with Gasteiger partial charge in [-0.3, -0.25) is 0 Å². The number of sulfone groups is 1. The lowest BCUT2D eigenvalue weighted by Gasteiger charge is -2.07. The van der Waals surface area contributed by atoms with Crippen LogP contribution in [0.1, 0.15) is 0 Å². The Bertz CT molecular complexity index is 1340. The summed E-state index contributed by atoms with van der Waals surface area (Å²) >= 11 is 3.29. The van der Waals surface area contributed by atoms with Gasteiger partial charge in [0.25, 0.3) is 0 Å². The maximum Gasteiger partial charge on any atom is 0.238 e. The van der Waals surface area contributed by atoms with Crippen molar-refractivity contribution in [1.82, 2.24) is 4.98 Å². The molecule has 158 valence electrons. The molecule has 0 aliphatic rings. The molecular weight excluding hydrogens is 487 g/mol. The van der Waals surface area contributed by atoms with Gasteiger partial charge in [-0.1, -0.05) is 34.1 Å². The molecule has 0 radical (unpaired) electrons. The van der Waals surface area contributed by atoms with Crippen molar-refractivity contribution in [3.63, 3.8) is 0 Å². The summed E-state index contributed by atoms with van der Waals surface area (Å²) in [6, 6.07) is 18.8. The van der Waals surface area contributed by atoms with Crippen LogP contribution in [0.3, 0.4) is 0 Å². The molecular formula is C22H16BrFN2O4S. The molecule has 0 bridgehead atoms. The number of nitrogens with zero attached hydrogens (tertiary/aromatic N) is 1. The molecule has 9 heteroatoms. The molecule has 1 N–H and O–H groups in total. The summed E-state index contributed by atoms with van der Waals surface area (Å²) in [4.78, 5) is 4.18. The van der Waals surface area contributed by atoms with E-state index in [2.05, 4.69) is 26.2 Å². The van der Waals surface area contributed by atoms with E-state index < -0.39 is 15.7 Å². The van der Waals surface area contributed by atoms with Gasteiger partial charge in [0.05, 0.1) is 17.6 Å². The Morgan fingerprint density at radius 2 is 1.77 bits per heavy atom. The quantitative estimate of drug-likeness (QED) is 0.357. The van der Waals surface area contributed by atoms with E-state index >= 15 is 0 Å². The van der Waals surface area contributed by atoms with Gasteiger partial charge in [-0.15, -0.1) is 0 Å². The maximum absolute atomic E-state index is 14.3. The summed E-state index contributed by atoms with van der Waals surface area (Å²) < 4.78 is 52.6. The van der Waals surface area contributed by atoms with Crippen LogP contribution in [0.4, 0.5) is 16.0 Å². The lowest BCUT2D eigenvalue weighted by Crippen LogP contribution is -2.05. The average molecular weight is 503 g/mol. The van der Waals surface area contributed by atoms with Crippen LogP contribution in [0.5, 0.6) is 5.75 Å². The highest BCUT2D eigenvalue weighted by atomic mass is 79.9. The fourth-order valence-electron chi connectivity index (χ4n) is 2.87. The summed E-state index contributed by atoms with van der Waals surface area (Å²) in [7, 11) is -2.54. The third kappa shape index (κ3) is 4.33. The first kappa shape index (κ1) is 21.1. The van der Waals surface area contributed by atoms with Crippen LogP contribution in [-0.4, -0.2) is 20.5 Å². The number of benzene rings is 3. The number of hydrogen-bond donors (Lipinski definition) is 1. The number of nitrogens with one attached hydrogen (secondary N) is 1. The predicted molar refractivity (Wildman–Crippen MR) is 118 cm³/mol. The fraction of sp³-hybridized carbons (Fsp3) is 0.0455. The smallest absolute Gasteiger partial charge is 0.238 e. The topological polar surface area (TPSA) is 81.4 Å². The molecule has 4 aromatic rings. The predicted octanol–water partition coefficient (Wildman–Crippen LogP) is 5.83. The van der Waals surface area contributed by atoms with Crippen molar-refractivity contribution in [2.75, 3.05) is 12.4 Å². The molecule has 0 fully saturated rings. The molecule has 31 heavy (non-hydrogen) atoms. The number of rotatable bonds is 6. The molecule has 0 saturated carbocycles. The van der Waals surface area contributed by atoms with Crippen molar-refractivity contribution in [2.45, 2.75) is 9.92 Å². The zero-order valence-corrected chi connectivity index (χ0v) is 18.6. The van der Waals surface area contributed by atoms with Crippen molar-refractivity contribution >= 4 is 37.3 Å². The fourth-order valence-corrected chi connectivity index (χ4v) is 4.40. The molecule has 0 amide bonds. The number of methoxy groups -OCH3 is 1. The normalized spacial score (nSPS) is 11.3. The highest BCUT2D eigenvalue weighted by molar-refractivity contribution is 9.10. The third-order valence-electron chi connectivity index (χ3n) is 4.41. The first-order chi connectivity index (χ1) is 14.9. The lowest BCUT2D eigenvalue weighted by atomic mass is 10.2. The van der Waals surface area contributed by atoms with Crippen LogP contribution in [0.2, 0.25) is 0 Å². The minimum Gasteiger partial charge on any atom is -0.497 e. The largest absolute Gasteiger partial charge is 0.497 e. The van der Waals surface area contributed by atoms with Gasteiger partial charge in [-0.2, -0.15) is 4.98 Å². The number of halogens is 2. The van der Waals surface area contributed by atoms with Crippen LogP contribution in [-0.2, 0) is 9.84 Å². The summed E-state index contributed by atoms with van der Waals surface area (Å²) in [6.45, 7) is 0. The monoisotopic (exact) mass is 502 g/mol. The van der Waals surface area contributed by atoms with Gasteiger partial charge in [0.15, 0.2) is 0 Å². The summed E-state index contributed by atoms with van der Waals surface area (Å²) in [6.07, 6.45) is 0. The minimum absolute atomic E-state index is 0.0257. The number of aromatic nitrogens is 1. The van der Waals surface area contributed by atoms with Gasteiger partial charge >= 0.3 is 0 Å². The first-order valence-corrected chi connectivity index (χ1v) is 11.3. The summed E-state index contributed by atoms with van der Waals surface area (Å²) in [5.41, 5.74) is 0.566. The zero-order chi connectivity index (χ0) is 22.0. The van der Waals surface area contributed by atoms with E-state index in [0.29, 0.717) is 11.4 Å². The standard InChI is InChI=1S/C22H16BrFN2O4S/c1-29-16-6-4-5-15(13-16)25-21-22(31(27,28)17-11-9-14(23)10-12-17)26-20(30-21)18-7-2-3-8-19(18)24/h2-13,25H,1H3. The number of hydrogen-bond acceptors (Lipinski definition) is 6. The highest BCUT2D eigenvalue weighted by Gasteiger charge is 2.29. The molecule has 1 heterocycles. The zero-order valence-electron chi connectivity index (χ0n) is 16.2. The first-order valence-electron chi connectivity index (χ1n) is 9.06. The van der Waals surface area contributed by atoms with Gasteiger partial charge < -0.3 is 14.5 Å². The van der Waals surface area contributed by atoms with Gasteiger partial charge in [0.1, 0.15) is 11.6 Å². The molecule has 3 aromatic carbocycles. The van der Waals surface area contributed by atoms with Crippen molar-refractivity contribution in [3.05, 3.63) is 83.1 Å². The average Bonchev–Trinajstić information content (AvgIpc) is 3.19. The van der Waals surface area contributed by atoms with Crippen molar-refractivity contribution < 1.29 is 22.0 Å². The van der Waals surface area contributed by atoms with Crippen LogP contribution in [0.25, 0.3) is 11.5 Å². The Morgan fingerprint density at radius 1 is 1.03 bits per heavy atom. The Kier molecular flexibility index (Phi) is 5.79. The SMILES string of the molecule is COc1cccc(Nc2oc(-c3ccccc3F)nc2S(=O)(=O)c2ccc(Br)cc2)c1. The molecule has 0 aliphatic carbocycles. The van der Waals surface area contributed by atoms with Gasteiger partial charge in [-0.25, -0.2) is 12.8 Å². The van der Waals surface area contributed by atoms with E-state index in [0.717, 1.165) is 4.47 Å². The van der Waals surface area contributed by atoms with E-state index in [9.17, 15) is 12.8 Å². The Balaban J connectivity index is 1.86. The molecule has 4 rings (SSSR count).